The first kappa shape index (κ1) is 16.3. The van der Waals surface area contributed by atoms with Crippen LogP contribution in [0.1, 0.15) is 39.2 Å². The van der Waals surface area contributed by atoms with Gasteiger partial charge in [0.15, 0.2) is 11.6 Å². The summed E-state index contributed by atoms with van der Waals surface area (Å²) in [5.41, 5.74) is -0.519. The van der Waals surface area contributed by atoms with E-state index < -0.39 is 23.2 Å². The number of benzene rings is 1. The Kier molecular flexibility index (Phi) is 5.36. The Morgan fingerprint density at radius 3 is 2.45 bits per heavy atom. The van der Waals surface area contributed by atoms with Gasteiger partial charge in [0.1, 0.15) is 17.8 Å². The molecule has 0 aliphatic rings. The molecule has 110 valence electrons. The topological polar surface area (TPSA) is 43.4 Å². The highest BCUT2D eigenvalue weighted by molar-refractivity contribution is 5.95. The molecule has 1 rings (SSSR count). The summed E-state index contributed by atoms with van der Waals surface area (Å²) in [6, 6.07) is 3.81. The molecule has 1 aromatic rings. The Bertz CT molecular complexity index is 504. The van der Waals surface area contributed by atoms with Crippen molar-refractivity contribution in [2.24, 2.45) is 0 Å². The predicted molar refractivity (Wildman–Crippen MR) is 70.1 cm³/mol. The Morgan fingerprint density at radius 1 is 1.20 bits per heavy atom. The van der Waals surface area contributed by atoms with Crippen molar-refractivity contribution < 1.29 is 23.1 Å². The van der Waals surface area contributed by atoms with E-state index in [1.165, 1.54) is 12.1 Å². The Hall–Kier alpha value is -1.78. The lowest BCUT2D eigenvalue weighted by Crippen LogP contribution is -2.25. The van der Waals surface area contributed by atoms with Gasteiger partial charge in [0, 0.05) is 6.42 Å². The summed E-state index contributed by atoms with van der Waals surface area (Å²) in [5.74, 6) is -2.86. The number of esters is 1. The van der Waals surface area contributed by atoms with Gasteiger partial charge in [-0.2, -0.15) is 0 Å². The van der Waals surface area contributed by atoms with Gasteiger partial charge in [0.25, 0.3) is 0 Å². The third-order valence-corrected chi connectivity index (χ3v) is 2.47. The first-order valence-corrected chi connectivity index (χ1v) is 6.35. The molecule has 0 bridgehead atoms. The van der Waals surface area contributed by atoms with Gasteiger partial charge in [-0.1, -0.05) is 12.1 Å². The van der Waals surface area contributed by atoms with Crippen molar-refractivity contribution in [3.8, 4) is 0 Å². The minimum atomic E-state index is -0.947. The lowest BCUT2D eigenvalue weighted by Gasteiger charge is -2.19. The normalized spacial score (nSPS) is 11.2. The van der Waals surface area contributed by atoms with Gasteiger partial charge in [-0.05, 0) is 38.8 Å². The molecule has 0 aromatic heterocycles. The fourth-order valence-electron chi connectivity index (χ4n) is 1.64. The van der Waals surface area contributed by atoms with Crippen LogP contribution in [0.25, 0.3) is 0 Å². The van der Waals surface area contributed by atoms with E-state index in [1.54, 1.807) is 20.8 Å². The van der Waals surface area contributed by atoms with Crippen molar-refractivity contribution >= 4 is 11.8 Å². The number of carbonyl (C=O) groups is 2. The summed E-state index contributed by atoms with van der Waals surface area (Å²) in [5, 5.41) is 0. The molecule has 20 heavy (non-hydrogen) atoms. The molecule has 0 spiro atoms. The molecule has 0 saturated carbocycles. The van der Waals surface area contributed by atoms with E-state index >= 15 is 0 Å². The quantitative estimate of drug-likeness (QED) is 0.616. The molecule has 0 fully saturated rings. The van der Waals surface area contributed by atoms with Crippen LogP contribution in [0.4, 0.5) is 8.78 Å². The zero-order valence-electron chi connectivity index (χ0n) is 11.8. The Morgan fingerprint density at radius 2 is 1.85 bits per heavy atom. The number of rotatable bonds is 5. The summed E-state index contributed by atoms with van der Waals surface area (Å²) in [6.45, 7) is 5.12. The Balaban J connectivity index is 2.48. The predicted octanol–water partition coefficient (Wildman–Crippen LogP) is 3.20. The molecule has 0 aliphatic heterocycles. The standard InChI is InChI=1S/C15H18F2O3/c1-15(2,3)20-13(19)9-11(18)8-7-10-5-4-6-12(16)14(10)17/h4-6H,7-9H2,1-3H3. The first-order chi connectivity index (χ1) is 9.19. The lowest BCUT2D eigenvalue weighted by molar-refractivity contribution is -0.156. The second kappa shape index (κ2) is 6.59. The van der Waals surface area contributed by atoms with Crippen molar-refractivity contribution in [3.63, 3.8) is 0 Å². The molecule has 3 nitrogen and oxygen atoms in total. The highest BCUT2D eigenvalue weighted by Gasteiger charge is 2.19. The second-order valence-corrected chi connectivity index (χ2v) is 5.51. The zero-order chi connectivity index (χ0) is 15.3. The maximum Gasteiger partial charge on any atom is 0.313 e. The zero-order valence-corrected chi connectivity index (χ0v) is 11.8. The van der Waals surface area contributed by atoms with Crippen molar-refractivity contribution in [2.75, 3.05) is 0 Å². The smallest absolute Gasteiger partial charge is 0.313 e. The second-order valence-electron chi connectivity index (χ2n) is 5.51. The van der Waals surface area contributed by atoms with Gasteiger partial charge in [0.05, 0.1) is 0 Å². The highest BCUT2D eigenvalue weighted by Crippen LogP contribution is 2.14. The van der Waals surface area contributed by atoms with Crippen LogP contribution >= 0.6 is 0 Å². The average molecular weight is 284 g/mol. The van der Waals surface area contributed by atoms with Gasteiger partial charge in [0.2, 0.25) is 0 Å². The average Bonchev–Trinajstić information content (AvgIpc) is 2.28. The van der Waals surface area contributed by atoms with Crippen molar-refractivity contribution in [3.05, 3.63) is 35.4 Å². The van der Waals surface area contributed by atoms with Gasteiger partial charge in [-0.3, -0.25) is 9.59 Å². The fraction of sp³-hybridized carbons (Fsp3) is 0.467. The summed E-state index contributed by atoms with van der Waals surface area (Å²) in [6.07, 6.45) is -0.320. The summed E-state index contributed by atoms with van der Waals surface area (Å²) >= 11 is 0. The SMILES string of the molecule is CC(C)(C)OC(=O)CC(=O)CCc1cccc(F)c1F. The van der Waals surface area contributed by atoms with Crippen molar-refractivity contribution in [1.82, 2.24) is 0 Å². The van der Waals surface area contributed by atoms with Crippen LogP contribution in [0.2, 0.25) is 0 Å². The molecule has 0 unspecified atom stereocenters. The van der Waals surface area contributed by atoms with E-state index in [9.17, 15) is 18.4 Å². The van der Waals surface area contributed by atoms with Crippen LogP contribution in [0, 0.1) is 11.6 Å². The fourth-order valence-corrected chi connectivity index (χ4v) is 1.64. The van der Waals surface area contributed by atoms with Crippen molar-refractivity contribution in [1.29, 1.82) is 0 Å². The Labute approximate surface area is 116 Å². The largest absolute Gasteiger partial charge is 0.460 e. The number of halogens is 2. The maximum absolute atomic E-state index is 13.4. The van der Waals surface area contributed by atoms with Crippen LogP contribution in [0.15, 0.2) is 18.2 Å². The number of carbonyl (C=O) groups excluding carboxylic acids is 2. The maximum atomic E-state index is 13.4. The number of ketones is 1. The van der Waals surface area contributed by atoms with E-state index in [2.05, 4.69) is 0 Å². The number of ether oxygens (including phenoxy) is 1. The van der Waals surface area contributed by atoms with Gasteiger partial charge < -0.3 is 4.74 Å². The molecule has 0 aliphatic carbocycles. The molecule has 0 atom stereocenters. The van der Waals surface area contributed by atoms with Crippen LogP contribution in [0.5, 0.6) is 0 Å². The molecule has 0 N–H and O–H groups in total. The number of hydrogen-bond donors (Lipinski definition) is 0. The number of hydrogen-bond acceptors (Lipinski definition) is 3. The van der Waals surface area contributed by atoms with E-state index in [0.29, 0.717) is 0 Å². The molecule has 0 amide bonds. The molecule has 0 saturated heterocycles. The minimum Gasteiger partial charge on any atom is -0.460 e. The third-order valence-electron chi connectivity index (χ3n) is 2.47. The van der Waals surface area contributed by atoms with Gasteiger partial charge in [-0.25, -0.2) is 8.78 Å². The van der Waals surface area contributed by atoms with Crippen molar-refractivity contribution in [2.45, 2.75) is 45.6 Å². The number of Topliss-reactive ketones (excluding diaryl/α,β-unsaturated/α-hetero) is 1. The van der Waals surface area contributed by atoms with Crippen LogP contribution in [-0.2, 0) is 20.7 Å². The molecular formula is C15H18F2O3. The highest BCUT2D eigenvalue weighted by atomic mass is 19.2. The summed E-state index contributed by atoms with van der Waals surface area (Å²) in [7, 11) is 0. The molecule has 1 aromatic carbocycles. The van der Waals surface area contributed by atoms with Gasteiger partial charge >= 0.3 is 5.97 Å². The third kappa shape index (κ3) is 5.47. The molecule has 0 radical (unpaired) electrons. The van der Waals surface area contributed by atoms with E-state index in [-0.39, 0.29) is 30.6 Å². The summed E-state index contributed by atoms with van der Waals surface area (Å²) < 4.78 is 31.3. The summed E-state index contributed by atoms with van der Waals surface area (Å²) in [4.78, 5) is 23.0. The first-order valence-electron chi connectivity index (χ1n) is 6.35. The minimum absolute atomic E-state index is 0.0282. The lowest BCUT2D eigenvalue weighted by atomic mass is 10.1. The molecule has 0 heterocycles. The van der Waals surface area contributed by atoms with E-state index in [4.69, 9.17) is 4.74 Å². The monoisotopic (exact) mass is 284 g/mol. The van der Waals surface area contributed by atoms with E-state index in [1.807, 2.05) is 0 Å². The van der Waals surface area contributed by atoms with Crippen LogP contribution in [0.3, 0.4) is 0 Å². The van der Waals surface area contributed by atoms with Gasteiger partial charge in [-0.15, -0.1) is 0 Å². The van der Waals surface area contributed by atoms with Crippen LogP contribution in [-0.4, -0.2) is 17.4 Å². The van der Waals surface area contributed by atoms with E-state index in [0.717, 1.165) is 6.07 Å². The van der Waals surface area contributed by atoms with Crippen LogP contribution < -0.4 is 0 Å². The molecule has 5 heteroatoms. The number of aryl methyl sites for hydroxylation is 1. The molecular weight excluding hydrogens is 266 g/mol.